The maximum absolute atomic E-state index is 5.83. The van der Waals surface area contributed by atoms with Gasteiger partial charge in [-0.15, -0.1) is 0 Å². The predicted molar refractivity (Wildman–Crippen MR) is 64.0 cm³/mol. The van der Waals surface area contributed by atoms with E-state index in [-0.39, 0.29) is 6.04 Å². The van der Waals surface area contributed by atoms with Crippen LogP contribution in [-0.4, -0.2) is 15.8 Å². The van der Waals surface area contributed by atoms with E-state index in [0.717, 1.165) is 18.7 Å². The molecular weight excluding hydrogens is 186 g/mol. The monoisotopic (exact) mass is 209 g/mol. The Kier molecular flexibility index (Phi) is 4.33. The topological polar surface area (TPSA) is 43.8 Å². The standard InChI is InChI=1S/C12H23N3/c1-5-6-7-15-11(4)12(8-9(2)13)10(3)14-15/h9H,5-8,13H2,1-4H3. The Morgan fingerprint density at radius 3 is 2.60 bits per heavy atom. The highest BCUT2D eigenvalue weighted by atomic mass is 15.3. The van der Waals surface area contributed by atoms with Gasteiger partial charge in [0.15, 0.2) is 0 Å². The smallest absolute Gasteiger partial charge is 0.0629 e. The molecule has 1 rings (SSSR count). The van der Waals surface area contributed by atoms with Crippen LogP contribution in [0.25, 0.3) is 0 Å². The summed E-state index contributed by atoms with van der Waals surface area (Å²) in [6.45, 7) is 9.50. The number of rotatable bonds is 5. The highest BCUT2D eigenvalue weighted by Gasteiger charge is 2.12. The van der Waals surface area contributed by atoms with E-state index in [0.29, 0.717) is 0 Å². The van der Waals surface area contributed by atoms with Crippen LogP contribution in [0.2, 0.25) is 0 Å². The molecular formula is C12H23N3. The van der Waals surface area contributed by atoms with Crippen LogP contribution in [0.4, 0.5) is 0 Å². The lowest BCUT2D eigenvalue weighted by molar-refractivity contribution is 0.555. The summed E-state index contributed by atoms with van der Waals surface area (Å²) in [5, 5.41) is 4.56. The first kappa shape index (κ1) is 12.2. The van der Waals surface area contributed by atoms with Gasteiger partial charge in [0.25, 0.3) is 0 Å². The van der Waals surface area contributed by atoms with Gasteiger partial charge in [-0.3, -0.25) is 4.68 Å². The van der Waals surface area contributed by atoms with Crippen molar-refractivity contribution >= 4 is 0 Å². The number of aryl methyl sites for hydroxylation is 2. The summed E-state index contributed by atoms with van der Waals surface area (Å²) in [6.07, 6.45) is 3.34. The zero-order valence-corrected chi connectivity index (χ0v) is 10.4. The fraction of sp³-hybridized carbons (Fsp3) is 0.750. The highest BCUT2D eigenvalue weighted by molar-refractivity contribution is 5.25. The number of hydrogen-bond acceptors (Lipinski definition) is 2. The molecule has 1 heterocycles. The minimum Gasteiger partial charge on any atom is -0.328 e. The van der Waals surface area contributed by atoms with Gasteiger partial charge in [0.2, 0.25) is 0 Å². The molecule has 1 aromatic heterocycles. The predicted octanol–water partition coefficient (Wildman–Crippen LogP) is 2.19. The summed E-state index contributed by atoms with van der Waals surface area (Å²) in [6, 6.07) is 0.214. The fourth-order valence-electron chi connectivity index (χ4n) is 1.88. The van der Waals surface area contributed by atoms with Gasteiger partial charge in [-0.05, 0) is 39.2 Å². The molecule has 0 saturated heterocycles. The highest BCUT2D eigenvalue weighted by Crippen LogP contribution is 2.15. The van der Waals surface area contributed by atoms with Crippen molar-refractivity contribution < 1.29 is 0 Å². The summed E-state index contributed by atoms with van der Waals surface area (Å²) in [5.74, 6) is 0. The largest absolute Gasteiger partial charge is 0.328 e. The summed E-state index contributed by atoms with van der Waals surface area (Å²) in [4.78, 5) is 0. The SMILES string of the molecule is CCCCn1nc(C)c(CC(C)N)c1C. The van der Waals surface area contributed by atoms with Crippen LogP contribution in [0.15, 0.2) is 0 Å². The van der Waals surface area contributed by atoms with Crippen LogP contribution in [0.5, 0.6) is 0 Å². The van der Waals surface area contributed by atoms with Crippen molar-refractivity contribution in [1.82, 2.24) is 9.78 Å². The maximum Gasteiger partial charge on any atom is 0.0629 e. The second kappa shape index (κ2) is 5.31. The summed E-state index contributed by atoms with van der Waals surface area (Å²) < 4.78 is 2.12. The van der Waals surface area contributed by atoms with E-state index in [9.17, 15) is 0 Å². The van der Waals surface area contributed by atoms with E-state index in [1.54, 1.807) is 0 Å². The Balaban J connectivity index is 2.83. The molecule has 0 radical (unpaired) electrons. The van der Waals surface area contributed by atoms with Crippen molar-refractivity contribution in [3.63, 3.8) is 0 Å². The van der Waals surface area contributed by atoms with Gasteiger partial charge in [0, 0.05) is 18.3 Å². The molecule has 15 heavy (non-hydrogen) atoms. The van der Waals surface area contributed by atoms with Crippen LogP contribution in [0.3, 0.4) is 0 Å². The average molecular weight is 209 g/mol. The van der Waals surface area contributed by atoms with E-state index < -0.39 is 0 Å². The molecule has 1 unspecified atom stereocenters. The van der Waals surface area contributed by atoms with Crippen LogP contribution >= 0.6 is 0 Å². The quantitative estimate of drug-likeness (QED) is 0.808. The van der Waals surface area contributed by atoms with Crippen LogP contribution in [-0.2, 0) is 13.0 Å². The van der Waals surface area contributed by atoms with Crippen LogP contribution < -0.4 is 5.73 Å². The van der Waals surface area contributed by atoms with Crippen molar-refractivity contribution in [3.05, 3.63) is 17.0 Å². The second-order valence-electron chi connectivity index (χ2n) is 4.41. The van der Waals surface area contributed by atoms with Gasteiger partial charge in [-0.1, -0.05) is 13.3 Å². The number of hydrogen-bond donors (Lipinski definition) is 1. The molecule has 0 amide bonds. The summed E-state index contributed by atoms with van der Waals surface area (Å²) in [7, 11) is 0. The van der Waals surface area contributed by atoms with E-state index in [2.05, 4.69) is 30.6 Å². The molecule has 1 aromatic rings. The van der Waals surface area contributed by atoms with Crippen molar-refractivity contribution in [2.75, 3.05) is 0 Å². The van der Waals surface area contributed by atoms with Gasteiger partial charge in [-0.25, -0.2) is 0 Å². The molecule has 3 heteroatoms. The molecule has 0 aliphatic carbocycles. The third kappa shape index (κ3) is 3.06. The Hall–Kier alpha value is -0.830. The summed E-state index contributed by atoms with van der Waals surface area (Å²) in [5.41, 5.74) is 9.60. The molecule has 0 spiro atoms. The number of nitrogens with two attached hydrogens (primary N) is 1. The van der Waals surface area contributed by atoms with E-state index in [4.69, 9.17) is 5.73 Å². The Bertz CT molecular complexity index is 313. The maximum atomic E-state index is 5.83. The average Bonchev–Trinajstić information content (AvgIpc) is 2.42. The molecule has 1 atom stereocenters. The minimum absolute atomic E-state index is 0.214. The van der Waals surface area contributed by atoms with Gasteiger partial charge in [0.05, 0.1) is 5.69 Å². The van der Waals surface area contributed by atoms with Gasteiger partial charge < -0.3 is 5.73 Å². The summed E-state index contributed by atoms with van der Waals surface area (Å²) >= 11 is 0. The first-order valence-corrected chi connectivity index (χ1v) is 5.84. The van der Waals surface area contributed by atoms with E-state index in [1.807, 2.05) is 6.92 Å². The zero-order chi connectivity index (χ0) is 11.4. The van der Waals surface area contributed by atoms with Crippen molar-refractivity contribution in [1.29, 1.82) is 0 Å². The molecule has 3 nitrogen and oxygen atoms in total. The van der Waals surface area contributed by atoms with Gasteiger partial charge >= 0.3 is 0 Å². The minimum atomic E-state index is 0.214. The first-order chi connectivity index (χ1) is 7.06. The zero-order valence-electron chi connectivity index (χ0n) is 10.4. The molecule has 0 saturated carbocycles. The fourth-order valence-corrected chi connectivity index (χ4v) is 1.88. The number of aromatic nitrogens is 2. The van der Waals surface area contributed by atoms with Crippen LogP contribution in [0.1, 0.15) is 43.6 Å². The van der Waals surface area contributed by atoms with Gasteiger partial charge in [-0.2, -0.15) is 5.10 Å². The Morgan fingerprint density at radius 1 is 1.40 bits per heavy atom. The van der Waals surface area contributed by atoms with E-state index >= 15 is 0 Å². The van der Waals surface area contributed by atoms with E-state index in [1.165, 1.54) is 24.1 Å². The Morgan fingerprint density at radius 2 is 2.07 bits per heavy atom. The lowest BCUT2D eigenvalue weighted by atomic mass is 10.1. The van der Waals surface area contributed by atoms with Crippen molar-refractivity contribution in [2.24, 2.45) is 5.73 Å². The normalized spacial score (nSPS) is 13.1. The molecule has 86 valence electrons. The number of unbranched alkanes of at least 4 members (excludes halogenated alkanes) is 1. The first-order valence-electron chi connectivity index (χ1n) is 5.84. The third-order valence-corrected chi connectivity index (χ3v) is 2.78. The second-order valence-corrected chi connectivity index (χ2v) is 4.41. The lowest BCUT2D eigenvalue weighted by Crippen LogP contribution is -2.18. The third-order valence-electron chi connectivity index (χ3n) is 2.78. The van der Waals surface area contributed by atoms with Crippen molar-refractivity contribution in [3.8, 4) is 0 Å². The molecule has 0 aliphatic heterocycles. The molecule has 0 aromatic carbocycles. The number of nitrogens with zero attached hydrogens (tertiary/aromatic N) is 2. The van der Waals surface area contributed by atoms with Gasteiger partial charge in [0.1, 0.15) is 0 Å². The molecule has 2 N–H and O–H groups in total. The van der Waals surface area contributed by atoms with Crippen LogP contribution in [0, 0.1) is 13.8 Å². The molecule has 0 bridgehead atoms. The molecule has 0 aliphatic rings. The Labute approximate surface area is 92.7 Å². The van der Waals surface area contributed by atoms with Crippen molar-refractivity contribution in [2.45, 2.75) is 59.5 Å². The lowest BCUT2D eigenvalue weighted by Gasteiger charge is -2.06. The molecule has 0 fully saturated rings.